The maximum Gasteiger partial charge on any atom is 0.338 e. The van der Waals surface area contributed by atoms with Crippen LogP contribution in [0.5, 0.6) is 5.88 Å². The van der Waals surface area contributed by atoms with Gasteiger partial charge in [-0.2, -0.15) is 4.98 Å². The van der Waals surface area contributed by atoms with E-state index < -0.39 is 11.2 Å². The molecule has 1 saturated carbocycles. The Kier molecular flexibility index (Phi) is 3.95. The van der Waals surface area contributed by atoms with E-state index in [4.69, 9.17) is 4.52 Å². The van der Waals surface area contributed by atoms with Crippen molar-refractivity contribution in [1.82, 2.24) is 19.3 Å². The highest BCUT2D eigenvalue weighted by Gasteiger charge is 2.22. The van der Waals surface area contributed by atoms with Gasteiger partial charge in [0.15, 0.2) is 0 Å². The molecule has 0 spiro atoms. The number of aromatic hydroxyl groups is 1. The van der Waals surface area contributed by atoms with Crippen LogP contribution in [0.25, 0.3) is 17.1 Å². The summed E-state index contributed by atoms with van der Waals surface area (Å²) in [5.41, 5.74) is -0.128. The maximum absolute atomic E-state index is 12.8. The van der Waals surface area contributed by atoms with Crippen LogP contribution in [0.15, 0.2) is 44.4 Å². The van der Waals surface area contributed by atoms with Gasteiger partial charge in [-0.3, -0.25) is 9.36 Å². The lowest BCUT2D eigenvalue weighted by atomic mass is 10.2. The Bertz CT molecular complexity index is 1080. The molecule has 8 heteroatoms. The molecule has 0 saturated heterocycles. The van der Waals surface area contributed by atoms with Crippen LogP contribution in [0.3, 0.4) is 0 Å². The van der Waals surface area contributed by atoms with Crippen molar-refractivity contribution in [3.8, 4) is 23.0 Å². The molecule has 1 N–H and O–H groups in total. The molecule has 0 aliphatic heterocycles. The summed E-state index contributed by atoms with van der Waals surface area (Å²) in [7, 11) is 0. The van der Waals surface area contributed by atoms with E-state index in [1.165, 1.54) is 4.57 Å². The van der Waals surface area contributed by atoms with Gasteiger partial charge in [0, 0.05) is 19.0 Å². The molecule has 1 fully saturated rings. The van der Waals surface area contributed by atoms with Crippen molar-refractivity contribution < 1.29 is 9.63 Å². The van der Waals surface area contributed by atoms with E-state index in [0.29, 0.717) is 35.4 Å². The molecule has 3 aromatic rings. The van der Waals surface area contributed by atoms with Gasteiger partial charge >= 0.3 is 5.69 Å². The third kappa shape index (κ3) is 3.05. The van der Waals surface area contributed by atoms with Gasteiger partial charge in [-0.25, -0.2) is 9.36 Å². The molecule has 2 aromatic heterocycles. The zero-order chi connectivity index (χ0) is 18.3. The third-order valence-electron chi connectivity index (χ3n) is 4.52. The molecule has 0 unspecified atom stereocenters. The van der Waals surface area contributed by atoms with Gasteiger partial charge in [-0.15, -0.1) is 0 Å². The standard InChI is InChI=1S/C18H18N4O4/c1-11-19-17(20-26-11)13-3-2-4-14(9-13)22-16(24)10-15(23)21(18(22)25)8-7-12-5-6-12/h2-4,9-10,12,23H,5-8H2,1H3. The van der Waals surface area contributed by atoms with Crippen molar-refractivity contribution in [2.24, 2.45) is 5.92 Å². The summed E-state index contributed by atoms with van der Waals surface area (Å²) in [5, 5.41) is 13.9. The second kappa shape index (κ2) is 6.29. The van der Waals surface area contributed by atoms with Gasteiger partial charge in [0.25, 0.3) is 5.56 Å². The lowest BCUT2D eigenvalue weighted by Gasteiger charge is -2.12. The molecular weight excluding hydrogens is 336 g/mol. The van der Waals surface area contributed by atoms with E-state index in [-0.39, 0.29) is 5.88 Å². The quantitative estimate of drug-likeness (QED) is 0.750. The van der Waals surface area contributed by atoms with E-state index in [1.807, 2.05) is 0 Å². The Labute approximate surface area is 148 Å². The number of rotatable bonds is 5. The molecule has 26 heavy (non-hydrogen) atoms. The number of aromatic nitrogens is 4. The largest absolute Gasteiger partial charge is 0.494 e. The van der Waals surface area contributed by atoms with Gasteiger partial charge in [0.2, 0.25) is 17.6 Å². The predicted octanol–water partition coefficient (Wildman–Crippen LogP) is 1.86. The molecule has 1 aliphatic carbocycles. The SMILES string of the molecule is Cc1nc(-c2cccc(-n3c(=O)cc(O)n(CCC4CC4)c3=O)c2)no1. The van der Waals surface area contributed by atoms with Gasteiger partial charge < -0.3 is 9.63 Å². The molecule has 8 nitrogen and oxygen atoms in total. The Morgan fingerprint density at radius 1 is 1.27 bits per heavy atom. The number of nitrogens with zero attached hydrogens (tertiary/aromatic N) is 4. The Morgan fingerprint density at radius 3 is 2.77 bits per heavy atom. The van der Waals surface area contributed by atoms with Gasteiger partial charge in [0.05, 0.1) is 11.8 Å². The summed E-state index contributed by atoms with van der Waals surface area (Å²) in [4.78, 5) is 29.3. The van der Waals surface area contributed by atoms with Crippen LogP contribution in [-0.4, -0.2) is 24.4 Å². The van der Waals surface area contributed by atoms with Crippen molar-refractivity contribution in [1.29, 1.82) is 0 Å². The van der Waals surface area contributed by atoms with Crippen LogP contribution in [0.1, 0.15) is 25.2 Å². The zero-order valence-electron chi connectivity index (χ0n) is 14.3. The second-order valence-corrected chi connectivity index (χ2v) is 6.53. The number of hydrogen-bond donors (Lipinski definition) is 1. The fourth-order valence-corrected chi connectivity index (χ4v) is 2.93. The highest BCUT2D eigenvalue weighted by atomic mass is 16.5. The molecule has 0 bridgehead atoms. The first-order valence-corrected chi connectivity index (χ1v) is 8.50. The lowest BCUT2D eigenvalue weighted by Crippen LogP contribution is -2.38. The monoisotopic (exact) mass is 354 g/mol. The topological polar surface area (TPSA) is 103 Å². The normalized spacial score (nSPS) is 13.9. The minimum atomic E-state index is -0.586. The van der Waals surface area contributed by atoms with Crippen LogP contribution < -0.4 is 11.2 Å². The van der Waals surface area contributed by atoms with Crippen LogP contribution in [0.4, 0.5) is 0 Å². The minimum Gasteiger partial charge on any atom is -0.494 e. The van der Waals surface area contributed by atoms with Crippen molar-refractivity contribution >= 4 is 0 Å². The molecule has 4 rings (SSSR count). The second-order valence-electron chi connectivity index (χ2n) is 6.53. The molecule has 0 radical (unpaired) electrons. The molecule has 0 amide bonds. The van der Waals surface area contributed by atoms with Crippen molar-refractivity contribution in [3.63, 3.8) is 0 Å². The fraction of sp³-hybridized carbons (Fsp3) is 0.333. The molecule has 2 heterocycles. The average Bonchev–Trinajstić information content (AvgIpc) is 3.33. The van der Waals surface area contributed by atoms with E-state index in [0.717, 1.165) is 29.9 Å². The fourth-order valence-electron chi connectivity index (χ4n) is 2.93. The Hall–Kier alpha value is -3.16. The predicted molar refractivity (Wildman–Crippen MR) is 93.3 cm³/mol. The molecule has 1 aromatic carbocycles. The average molecular weight is 354 g/mol. The van der Waals surface area contributed by atoms with Gasteiger partial charge in [-0.05, 0) is 24.5 Å². The summed E-state index contributed by atoms with van der Waals surface area (Å²) < 4.78 is 7.26. The Morgan fingerprint density at radius 2 is 2.08 bits per heavy atom. The van der Waals surface area contributed by atoms with E-state index >= 15 is 0 Å². The van der Waals surface area contributed by atoms with E-state index in [2.05, 4.69) is 10.1 Å². The number of aryl methyl sites for hydroxylation is 1. The van der Waals surface area contributed by atoms with E-state index in [9.17, 15) is 14.7 Å². The van der Waals surface area contributed by atoms with E-state index in [1.54, 1.807) is 31.2 Å². The first-order valence-electron chi connectivity index (χ1n) is 8.50. The summed E-state index contributed by atoms with van der Waals surface area (Å²) in [5.74, 6) is 1.10. The van der Waals surface area contributed by atoms with Crippen LogP contribution in [0, 0.1) is 12.8 Å². The van der Waals surface area contributed by atoms with Crippen molar-refractivity contribution in [2.45, 2.75) is 32.7 Å². The highest BCUT2D eigenvalue weighted by molar-refractivity contribution is 5.58. The summed E-state index contributed by atoms with van der Waals surface area (Å²) in [6.45, 7) is 2.07. The van der Waals surface area contributed by atoms with Gasteiger partial charge in [0.1, 0.15) is 0 Å². The lowest BCUT2D eigenvalue weighted by molar-refractivity contribution is 0.388. The first-order chi connectivity index (χ1) is 12.5. The smallest absolute Gasteiger partial charge is 0.338 e. The third-order valence-corrected chi connectivity index (χ3v) is 4.52. The van der Waals surface area contributed by atoms with Crippen LogP contribution >= 0.6 is 0 Å². The van der Waals surface area contributed by atoms with Crippen molar-refractivity contribution in [2.75, 3.05) is 0 Å². The minimum absolute atomic E-state index is 0.304. The number of hydrogen-bond acceptors (Lipinski definition) is 6. The number of benzene rings is 1. The maximum atomic E-state index is 12.8. The highest BCUT2D eigenvalue weighted by Crippen LogP contribution is 2.32. The van der Waals surface area contributed by atoms with Gasteiger partial charge in [-0.1, -0.05) is 30.1 Å². The Balaban J connectivity index is 1.78. The molecular formula is C18H18N4O4. The molecule has 134 valence electrons. The summed E-state index contributed by atoms with van der Waals surface area (Å²) in [6, 6.07) is 7.85. The first kappa shape index (κ1) is 16.3. The summed E-state index contributed by atoms with van der Waals surface area (Å²) in [6.07, 6.45) is 3.12. The van der Waals surface area contributed by atoms with Crippen LogP contribution in [-0.2, 0) is 6.54 Å². The summed E-state index contributed by atoms with van der Waals surface area (Å²) >= 11 is 0. The zero-order valence-corrected chi connectivity index (χ0v) is 14.3. The van der Waals surface area contributed by atoms with Crippen molar-refractivity contribution in [3.05, 3.63) is 57.1 Å². The molecule has 1 aliphatic rings. The van der Waals surface area contributed by atoms with Crippen LogP contribution in [0.2, 0.25) is 0 Å². The molecule has 0 atom stereocenters.